The fourth-order valence-electron chi connectivity index (χ4n) is 1.60. The van der Waals surface area contributed by atoms with Crippen LogP contribution in [0.1, 0.15) is 23.7 Å². The molecule has 1 aromatic carbocycles. The lowest BCUT2D eigenvalue weighted by molar-refractivity contribution is -0.118. The van der Waals surface area contributed by atoms with Crippen LogP contribution in [-0.2, 0) is 9.53 Å². The maximum Gasteiger partial charge on any atom is 0.252 e. The highest BCUT2D eigenvalue weighted by atomic mass is 32.2. The van der Waals surface area contributed by atoms with Gasteiger partial charge < -0.3 is 15.4 Å². The molecular formula is C15H22N2O3S. The third-order valence-corrected chi connectivity index (χ3v) is 3.73. The van der Waals surface area contributed by atoms with Crippen LogP contribution in [0.3, 0.4) is 0 Å². The number of carbonyl (C=O) groups excluding carboxylic acids is 2. The van der Waals surface area contributed by atoms with Crippen molar-refractivity contribution in [3.8, 4) is 0 Å². The number of ether oxygens (including phenoxy) is 1. The maximum absolute atomic E-state index is 12.0. The molecule has 0 aliphatic heterocycles. The Morgan fingerprint density at radius 2 is 1.95 bits per heavy atom. The van der Waals surface area contributed by atoms with E-state index in [1.807, 2.05) is 25.1 Å². The predicted molar refractivity (Wildman–Crippen MR) is 84.7 cm³/mol. The van der Waals surface area contributed by atoms with Crippen LogP contribution in [0.5, 0.6) is 0 Å². The van der Waals surface area contributed by atoms with Gasteiger partial charge in [0, 0.05) is 25.1 Å². The molecule has 1 aromatic rings. The molecule has 2 amide bonds. The molecule has 2 N–H and O–H groups in total. The van der Waals surface area contributed by atoms with Crippen molar-refractivity contribution in [2.75, 3.05) is 32.6 Å². The SMILES string of the molecule is CCCNC(=O)c1ccccc1SCC(=O)NCCOC. The second-order valence-electron chi connectivity index (χ2n) is 4.38. The average molecular weight is 310 g/mol. The van der Waals surface area contributed by atoms with E-state index in [1.165, 1.54) is 11.8 Å². The molecule has 0 atom stereocenters. The van der Waals surface area contributed by atoms with E-state index in [9.17, 15) is 9.59 Å². The summed E-state index contributed by atoms with van der Waals surface area (Å²) in [6.07, 6.45) is 0.892. The lowest BCUT2D eigenvalue weighted by Crippen LogP contribution is -2.28. The molecule has 116 valence electrons. The number of rotatable bonds is 9. The summed E-state index contributed by atoms with van der Waals surface area (Å²) < 4.78 is 4.87. The second-order valence-corrected chi connectivity index (χ2v) is 5.40. The van der Waals surface area contributed by atoms with Gasteiger partial charge in [0.1, 0.15) is 0 Å². The van der Waals surface area contributed by atoms with Crippen molar-refractivity contribution in [3.05, 3.63) is 29.8 Å². The van der Waals surface area contributed by atoms with Gasteiger partial charge in [0.25, 0.3) is 5.91 Å². The van der Waals surface area contributed by atoms with Gasteiger partial charge in [-0.05, 0) is 18.6 Å². The van der Waals surface area contributed by atoms with Gasteiger partial charge in [-0.15, -0.1) is 11.8 Å². The van der Waals surface area contributed by atoms with E-state index >= 15 is 0 Å². The van der Waals surface area contributed by atoms with Gasteiger partial charge in [-0.1, -0.05) is 19.1 Å². The molecule has 0 saturated carbocycles. The van der Waals surface area contributed by atoms with E-state index in [0.29, 0.717) is 25.3 Å². The van der Waals surface area contributed by atoms with Crippen molar-refractivity contribution in [2.45, 2.75) is 18.2 Å². The van der Waals surface area contributed by atoms with Crippen molar-refractivity contribution in [2.24, 2.45) is 0 Å². The lowest BCUT2D eigenvalue weighted by atomic mass is 10.2. The predicted octanol–water partition coefficient (Wildman–Crippen LogP) is 1.68. The van der Waals surface area contributed by atoms with Crippen molar-refractivity contribution in [3.63, 3.8) is 0 Å². The van der Waals surface area contributed by atoms with Gasteiger partial charge >= 0.3 is 0 Å². The highest BCUT2D eigenvalue weighted by Gasteiger charge is 2.11. The van der Waals surface area contributed by atoms with E-state index < -0.39 is 0 Å². The Morgan fingerprint density at radius 3 is 2.67 bits per heavy atom. The van der Waals surface area contributed by atoms with Gasteiger partial charge in [-0.3, -0.25) is 9.59 Å². The molecule has 0 aromatic heterocycles. The third kappa shape index (κ3) is 6.64. The molecule has 5 nitrogen and oxygen atoms in total. The summed E-state index contributed by atoms with van der Waals surface area (Å²) in [5.74, 6) is 0.113. The van der Waals surface area contributed by atoms with Gasteiger partial charge in [-0.25, -0.2) is 0 Å². The second kappa shape index (κ2) is 10.2. The fraction of sp³-hybridized carbons (Fsp3) is 0.467. The third-order valence-electron chi connectivity index (χ3n) is 2.65. The zero-order valence-corrected chi connectivity index (χ0v) is 13.3. The largest absolute Gasteiger partial charge is 0.383 e. The van der Waals surface area contributed by atoms with Crippen molar-refractivity contribution < 1.29 is 14.3 Å². The van der Waals surface area contributed by atoms with Crippen LogP contribution in [-0.4, -0.2) is 44.4 Å². The van der Waals surface area contributed by atoms with Crippen LogP contribution in [0.2, 0.25) is 0 Å². The zero-order chi connectivity index (χ0) is 15.5. The number of hydrogen-bond acceptors (Lipinski definition) is 4. The molecule has 6 heteroatoms. The van der Waals surface area contributed by atoms with Crippen molar-refractivity contribution in [1.82, 2.24) is 10.6 Å². The summed E-state index contributed by atoms with van der Waals surface area (Å²) in [6.45, 7) is 3.64. The molecule has 0 spiro atoms. The van der Waals surface area contributed by atoms with Crippen LogP contribution in [0.25, 0.3) is 0 Å². The normalized spacial score (nSPS) is 10.2. The zero-order valence-electron chi connectivity index (χ0n) is 12.5. The number of thioether (sulfide) groups is 1. The van der Waals surface area contributed by atoms with Crippen LogP contribution in [0.15, 0.2) is 29.2 Å². The Morgan fingerprint density at radius 1 is 1.19 bits per heavy atom. The maximum atomic E-state index is 12.0. The molecule has 0 heterocycles. The fourth-order valence-corrected chi connectivity index (χ4v) is 2.48. The number of nitrogens with one attached hydrogen (secondary N) is 2. The summed E-state index contributed by atoms with van der Waals surface area (Å²) in [5, 5.41) is 5.60. The minimum absolute atomic E-state index is 0.0687. The molecule has 0 saturated heterocycles. The molecule has 0 bridgehead atoms. The summed E-state index contributed by atoms with van der Waals surface area (Å²) >= 11 is 1.36. The van der Waals surface area contributed by atoms with Gasteiger partial charge in [-0.2, -0.15) is 0 Å². The number of carbonyl (C=O) groups is 2. The topological polar surface area (TPSA) is 67.4 Å². The van der Waals surface area contributed by atoms with Crippen LogP contribution < -0.4 is 10.6 Å². The van der Waals surface area contributed by atoms with Gasteiger partial charge in [0.15, 0.2) is 0 Å². The summed E-state index contributed by atoms with van der Waals surface area (Å²) in [7, 11) is 1.59. The molecule has 0 aliphatic carbocycles. The summed E-state index contributed by atoms with van der Waals surface area (Å²) in [5.41, 5.74) is 0.612. The van der Waals surface area contributed by atoms with Gasteiger partial charge in [0.2, 0.25) is 5.91 Å². The number of hydrogen-bond donors (Lipinski definition) is 2. The first-order valence-electron chi connectivity index (χ1n) is 6.94. The Balaban J connectivity index is 2.54. The van der Waals surface area contributed by atoms with Gasteiger partial charge in [0.05, 0.1) is 17.9 Å². The highest BCUT2D eigenvalue weighted by Crippen LogP contribution is 2.22. The molecule has 1 rings (SSSR count). The monoisotopic (exact) mass is 310 g/mol. The van der Waals surface area contributed by atoms with Crippen LogP contribution in [0, 0.1) is 0 Å². The van der Waals surface area contributed by atoms with Crippen LogP contribution in [0.4, 0.5) is 0 Å². The lowest BCUT2D eigenvalue weighted by Gasteiger charge is -2.09. The number of amides is 2. The molecular weight excluding hydrogens is 288 g/mol. The highest BCUT2D eigenvalue weighted by molar-refractivity contribution is 8.00. The van der Waals surface area contributed by atoms with Crippen molar-refractivity contribution >= 4 is 23.6 Å². The Kier molecular flexibility index (Phi) is 8.54. The average Bonchev–Trinajstić information content (AvgIpc) is 2.51. The molecule has 21 heavy (non-hydrogen) atoms. The smallest absolute Gasteiger partial charge is 0.252 e. The first-order valence-corrected chi connectivity index (χ1v) is 7.93. The Labute approximate surface area is 129 Å². The Bertz CT molecular complexity index is 466. The quantitative estimate of drug-likeness (QED) is 0.538. The first-order chi connectivity index (χ1) is 10.2. The van der Waals surface area contributed by atoms with E-state index in [1.54, 1.807) is 13.2 Å². The standard InChI is InChI=1S/C15H22N2O3S/c1-3-8-17-15(19)12-6-4-5-7-13(12)21-11-14(18)16-9-10-20-2/h4-7H,3,8-11H2,1-2H3,(H,16,18)(H,17,19). The van der Waals surface area contributed by atoms with Crippen molar-refractivity contribution in [1.29, 1.82) is 0 Å². The van der Waals surface area contributed by atoms with E-state index in [2.05, 4.69) is 10.6 Å². The van der Waals surface area contributed by atoms with Crippen LogP contribution >= 0.6 is 11.8 Å². The summed E-state index contributed by atoms with van der Waals surface area (Å²) in [4.78, 5) is 24.5. The molecule has 0 unspecified atom stereocenters. The van der Waals surface area contributed by atoms with E-state index in [0.717, 1.165) is 11.3 Å². The minimum atomic E-state index is -0.0975. The molecule has 0 radical (unpaired) electrons. The Hall–Kier alpha value is -1.53. The van der Waals surface area contributed by atoms with E-state index in [-0.39, 0.29) is 17.6 Å². The first kappa shape index (κ1) is 17.5. The summed E-state index contributed by atoms with van der Waals surface area (Å²) in [6, 6.07) is 7.31. The molecule has 0 aliphatic rings. The van der Waals surface area contributed by atoms with E-state index in [4.69, 9.17) is 4.74 Å². The molecule has 0 fully saturated rings. The number of methoxy groups -OCH3 is 1. The minimum Gasteiger partial charge on any atom is -0.383 e. The number of benzene rings is 1.